The lowest BCUT2D eigenvalue weighted by atomic mass is 9.99. The minimum absolute atomic E-state index is 0.0245. The number of amides is 1. The summed E-state index contributed by atoms with van der Waals surface area (Å²) < 4.78 is 23.5. The summed E-state index contributed by atoms with van der Waals surface area (Å²) in [7, 11) is 0.992. The molecule has 0 saturated heterocycles. The second kappa shape index (κ2) is 11.0. The maximum absolute atomic E-state index is 13.1. The number of nitrogens with two attached hydrogens (primary N) is 1. The molecule has 0 bridgehead atoms. The van der Waals surface area contributed by atoms with Crippen LogP contribution in [0.2, 0.25) is 5.02 Å². The number of likely N-dealkylation sites (N-methyl/N-ethyl adjacent to an activating group) is 1. The molecular weight excluding hydrogens is 515 g/mol. The predicted octanol–water partition coefficient (Wildman–Crippen LogP) is 4.46. The summed E-state index contributed by atoms with van der Waals surface area (Å²) in [6.45, 7) is 5.13. The first-order valence-corrected chi connectivity index (χ1v) is 14.6. The van der Waals surface area contributed by atoms with Crippen LogP contribution in [0.3, 0.4) is 0 Å². The largest absolute Gasteiger partial charge is 0.495 e. The van der Waals surface area contributed by atoms with Crippen LogP contribution in [-0.4, -0.2) is 55.0 Å². The quantitative estimate of drug-likeness (QED) is 0.352. The zero-order valence-corrected chi connectivity index (χ0v) is 22.8. The van der Waals surface area contributed by atoms with Gasteiger partial charge in [0, 0.05) is 18.4 Å². The molecule has 4 N–H and O–H groups in total. The van der Waals surface area contributed by atoms with E-state index in [-0.39, 0.29) is 6.61 Å². The molecule has 1 aromatic heterocycles. The van der Waals surface area contributed by atoms with Crippen LogP contribution in [0.1, 0.15) is 16.7 Å². The highest BCUT2D eigenvalue weighted by Crippen LogP contribution is 2.39. The maximum Gasteiger partial charge on any atom is 0.404 e. The number of nitrogens with one attached hydrogen (secondary N) is 2. The number of fused-ring (bicyclic) bond motifs is 1. The molecule has 4 rings (SSSR count). The highest BCUT2D eigenvalue weighted by Gasteiger charge is 2.20. The number of ether oxygens (including phenoxy) is 2. The molecule has 0 atom stereocenters. The van der Waals surface area contributed by atoms with E-state index >= 15 is 0 Å². The van der Waals surface area contributed by atoms with Crippen LogP contribution in [0.5, 0.6) is 5.75 Å². The Bertz CT molecular complexity index is 1380. The summed E-state index contributed by atoms with van der Waals surface area (Å²) in [5.41, 5.74) is 9.52. The van der Waals surface area contributed by atoms with Crippen LogP contribution in [0.25, 0.3) is 0 Å². The van der Waals surface area contributed by atoms with Gasteiger partial charge < -0.3 is 35.3 Å². The number of hydrogen-bond donors (Lipinski definition) is 3. The first-order valence-electron chi connectivity index (χ1n) is 11.6. The number of carbonyl (C=O) groups excluding carboxylic acids is 1. The van der Waals surface area contributed by atoms with Crippen molar-refractivity contribution in [3.05, 3.63) is 58.2 Å². The van der Waals surface area contributed by atoms with Gasteiger partial charge in [0.25, 0.3) is 0 Å². The van der Waals surface area contributed by atoms with E-state index in [1.54, 1.807) is 38.6 Å². The third-order valence-corrected chi connectivity index (χ3v) is 7.80. The Kier molecular flexibility index (Phi) is 7.92. The van der Waals surface area contributed by atoms with E-state index in [0.29, 0.717) is 39.1 Å². The molecule has 2 aromatic carbocycles. The Morgan fingerprint density at radius 2 is 1.97 bits per heavy atom. The minimum Gasteiger partial charge on any atom is -0.495 e. The fourth-order valence-corrected chi connectivity index (χ4v) is 5.46. The molecular formula is C25H30ClN6O4P. The Hall–Kier alpha value is -3.33. The number of benzene rings is 2. The van der Waals surface area contributed by atoms with E-state index in [9.17, 15) is 9.36 Å². The van der Waals surface area contributed by atoms with Crippen molar-refractivity contribution in [1.82, 2.24) is 14.9 Å². The zero-order valence-electron chi connectivity index (χ0n) is 21.2. The molecule has 0 saturated carbocycles. The normalized spacial score (nSPS) is 13.5. The van der Waals surface area contributed by atoms with Crippen molar-refractivity contribution in [2.45, 2.75) is 19.6 Å². The van der Waals surface area contributed by atoms with E-state index in [1.807, 2.05) is 0 Å². The van der Waals surface area contributed by atoms with Crippen molar-refractivity contribution in [1.29, 1.82) is 0 Å². The van der Waals surface area contributed by atoms with Crippen LogP contribution in [0, 0.1) is 0 Å². The van der Waals surface area contributed by atoms with Gasteiger partial charge in [-0.05, 0) is 67.8 Å². The van der Waals surface area contributed by atoms with Crippen LogP contribution >= 0.6 is 18.7 Å². The van der Waals surface area contributed by atoms with Gasteiger partial charge in [-0.3, -0.25) is 0 Å². The number of carbonyl (C=O) groups is 1. The number of rotatable bonds is 8. The Morgan fingerprint density at radius 1 is 1.19 bits per heavy atom. The first kappa shape index (κ1) is 26.7. The fraction of sp³-hybridized carbons (Fsp3) is 0.320. The number of methoxy groups -OCH3 is 1. The number of primary amides is 1. The van der Waals surface area contributed by atoms with Gasteiger partial charge >= 0.3 is 6.09 Å². The minimum atomic E-state index is -2.73. The average molecular weight is 545 g/mol. The van der Waals surface area contributed by atoms with E-state index in [1.165, 1.54) is 17.3 Å². The highest BCUT2D eigenvalue weighted by atomic mass is 35.5. The van der Waals surface area contributed by atoms with Gasteiger partial charge in [0.2, 0.25) is 5.95 Å². The molecule has 3 aromatic rings. The maximum atomic E-state index is 13.1. The average Bonchev–Trinajstić information content (AvgIpc) is 2.84. The predicted molar refractivity (Wildman–Crippen MR) is 147 cm³/mol. The molecule has 0 spiro atoms. The summed E-state index contributed by atoms with van der Waals surface area (Å²) in [6, 6.07) is 9.31. The first-order chi connectivity index (χ1) is 17.5. The van der Waals surface area contributed by atoms with Crippen LogP contribution < -0.4 is 26.4 Å². The third kappa shape index (κ3) is 6.52. The van der Waals surface area contributed by atoms with Crippen LogP contribution in [0.15, 0.2) is 36.5 Å². The summed E-state index contributed by atoms with van der Waals surface area (Å²) in [5.74, 6) is 1.36. The van der Waals surface area contributed by atoms with E-state index in [0.717, 1.165) is 25.2 Å². The molecule has 1 amide bonds. The van der Waals surface area contributed by atoms with E-state index in [4.69, 9.17) is 26.8 Å². The Labute approximate surface area is 220 Å². The third-order valence-electron chi connectivity index (χ3n) is 5.99. The summed E-state index contributed by atoms with van der Waals surface area (Å²) in [5, 5.41) is 7.28. The fourth-order valence-electron chi connectivity index (χ4n) is 4.13. The number of nitrogens with zero attached hydrogens (tertiary/aromatic N) is 3. The molecule has 1 aliphatic rings. The van der Waals surface area contributed by atoms with Gasteiger partial charge in [0.05, 0.1) is 24.7 Å². The number of halogens is 1. The topological polar surface area (TPSA) is 132 Å². The van der Waals surface area contributed by atoms with Crippen molar-refractivity contribution in [2.24, 2.45) is 5.73 Å². The molecule has 1 aliphatic heterocycles. The molecule has 0 unspecified atom stereocenters. The van der Waals surface area contributed by atoms with Gasteiger partial charge in [-0.25, -0.2) is 9.78 Å². The summed E-state index contributed by atoms with van der Waals surface area (Å²) in [4.78, 5) is 22.1. The standard InChI is InChI=1S/C25H30ClN6O4P/c1-32-8-7-16-11-21(35-2)20(10-17(16)13-32)30-25-28-12-18(26)23(31-25)29-19-6-5-15(14-36-24(27)33)9-22(19)37(3,4)34/h5-6,9-12H,7-8,13-14H2,1-4H3,(H2,27,33)(H2,28,29,30,31). The van der Waals surface area contributed by atoms with Gasteiger partial charge in [0.1, 0.15) is 24.5 Å². The number of anilines is 4. The second-order valence-corrected chi connectivity index (χ2v) is 12.8. The van der Waals surface area contributed by atoms with E-state index < -0.39 is 13.2 Å². The van der Waals surface area contributed by atoms with Gasteiger partial charge in [-0.15, -0.1) is 0 Å². The number of aromatic nitrogens is 2. The second-order valence-electron chi connectivity index (χ2n) is 9.26. The van der Waals surface area contributed by atoms with Crippen LogP contribution in [0.4, 0.5) is 27.9 Å². The van der Waals surface area contributed by atoms with Crippen molar-refractivity contribution in [3.8, 4) is 5.75 Å². The van der Waals surface area contributed by atoms with Crippen molar-refractivity contribution in [2.75, 3.05) is 44.7 Å². The summed E-state index contributed by atoms with van der Waals surface area (Å²) >= 11 is 6.42. The molecule has 0 fully saturated rings. The monoisotopic (exact) mass is 544 g/mol. The number of hydrogen-bond acceptors (Lipinski definition) is 9. The van der Waals surface area contributed by atoms with Crippen molar-refractivity contribution < 1.29 is 18.8 Å². The summed E-state index contributed by atoms with van der Waals surface area (Å²) in [6.07, 6.45) is 1.57. The lowest BCUT2D eigenvalue weighted by molar-refractivity contribution is 0.150. The zero-order chi connectivity index (χ0) is 26.7. The molecule has 0 radical (unpaired) electrons. The van der Waals surface area contributed by atoms with E-state index in [2.05, 4.69) is 44.7 Å². The lowest BCUT2D eigenvalue weighted by Gasteiger charge is -2.26. The van der Waals surface area contributed by atoms with Crippen molar-refractivity contribution in [3.63, 3.8) is 0 Å². The Balaban J connectivity index is 1.63. The molecule has 37 heavy (non-hydrogen) atoms. The lowest BCUT2D eigenvalue weighted by Crippen LogP contribution is -2.26. The molecule has 196 valence electrons. The van der Waals surface area contributed by atoms with Crippen molar-refractivity contribution >= 4 is 53.3 Å². The smallest absolute Gasteiger partial charge is 0.404 e. The molecule has 10 nitrogen and oxygen atoms in total. The Morgan fingerprint density at radius 3 is 2.68 bits per heavy atom. The molecule has 2 heterocycles. The molecule has 0 aliphatic carbocycles. The van der Waals surface area contributed by atoms with Gasteiger partial charge in [0.15, 0.2) is 5.82 Å². The van der Waals surface area contributed by atoms with Gasteiger partial charge in [-0.2, -0.15) is 4.98 Å². The highest BCUT2D eigenvalue weighted by molar-refractivity contribution is 7.70. The van der Waals surface area contributed by atoms with Crippen LogP contribution in [-0.2, 0) is 28.9 Å². The molecule has 12 heteroatoms. The van der Waals surface area contributed by atoms with Gasteiger partial charge in [-0.1, -0.05) is 17.7 Å². The SMILES string of the molecule is COc1cc2c(cc1Nc1ncc(Cl)c(Nc3ccc(COC(N)=O)cc3P(C)(C)=O)n1)CN(C)CC2.